The van der Waals surface area contributed by atoms with Gasteiger partial charge in [-0.1, -0.05) is 6.58 Å². The monoisotopic (exact) mass is 461 g/mol. The van der Waals surface area contributed by atoms with Gasteiger partial charge in [0.25, 0.3) is 0 Å². The predicted octanol–water partition coefficient (Wildman–Crippen LogP) is 2.14. The van der Waals surface area contributed by atoms with E-state index in [0.29, 0.717) is 19.3 Å². The molecule has 0 N–H and O–H groups in total. The average Bonchev–Trinajstić information content (AvgIpc) is 2.93. The van der Waals surface area contributed by atoms with Crippen LogP contribution in [-0.2, 0) is 33.9 Å². The van der Waals surface area contributed by atoms with E-state index in [-0.39, 0.29) is 37.1 Å². The lowest BCUT2D eigenvalue weighted by molar-refractivity contribution is -0.165. The van der Waals surface area contributed by atoms with Crippen molar-refractivity contribution in [2.24, 2.45) is 5.92 Å². The van der Waals surface area contributed by atoms with Gasteiger partial charge in [-0.2, -0.15) is 17.6 Å². The summed E-state index contributed by atoms with van der Waals surface area (Å²) in [4.78, 5) is 23.5. The number of alkyl halides is 4. The standard InChI is InChI=1S/C17H22F4O8S/c1-10(14(22)28-12-5-4-11-8-13(12)29-15(11)23)9-27-7-3-2-6-16(18,19)17(20,21)30(24,25)26/h11-13H,1-9H2,(H,24,25,26)/p-1. The molecule has 1 saturated carbocycles. The highest BCUT2D eigenvalue weighted by Gasteiger charge is 2.60. The van der Waals surface area contributed by atoms with E-state index in [2.05, 4.69) is 6.58 Å². The minimum Gasteiger partial charge on any atom is -0.743 e. The van der Waals surface area contributed by atoms with Crippen molar-refractivity contribution in [3.63, 3.8) is 0 Å². The normalized spacial score (nSPS) is 24.4. The number of carbonyl (C=O) groups is 2. The van der Waals surface area contributed by atoms with Crippen molar-refractivity contribution >= 4 is 22.1 Å². The Morgan fingerprint density at radius 2 is 1.90 bits per heavy atom. The maximum absolute atomic E-state index is 13.3. The Morgan fingerprint density at radius 1 is 1.23 bits per heavy atom. The van der Waals surface area contributed by atoms with Crippen molar-refractivity contribution in [3.05, 3.63) is 12.2 Å². The van der Waals surface area contributed by atoms with Gasteiger partial charge < -0.3 is 18.8 Å². The summed E-state index contributed by atoms with van der Waals surface area (Å²) in [5.41, 5.74) is -0.0734. The van der Waals surface area contributed by atoms with Crippen LogP contribution < -0.4 is 0 Å². The Balaban J connectivity index is 1.65. The maximum atomic E-state index is 13.3. The minimum atomic E-state index is -6.50. The topological polar surface area (TPSA) is 119 Å². The van der Waals surface area contributed by atoms with Crippen LogP contribution in [0.15, 0.2) is 12.2 Å². The Bertz CT molecular complexity index is 783. The van der Waals surface area contributed by atoms with Crippen LogP contribution in [0, 0.1) is 5.92 Å². The van der Waals surface area contributed by atoms with Crippen LogP contribution in [0.3, 0.4) is 0 Å². The third-order valence-corrected chi connectivity index (χ3v) is 5.85. The van der Waals surface area contributed by atoms with Gasteiger partial charge in [-0.05, 0) is 25.7 Å². The number of carbonyl (C=O) groups excluding carboxylic acids is 2. The molecule has 13 heteroatoms. The van der Waals surface area contributed by atoms with Crippen molar-refractivity contribution in [2.45, 2.75) is 61.9 Å². The number of esters is 2. The molecule has 0 aromatic rings. The molecule has 3 atom stereocenters. The molecule has 30 heavy (non-hydrogen) atoms. The molecular weight excluding hydrogens is 440 g/mol. The fourth-order valence-corrected chi connectivity index (χ4v) is 3.64. The van der Waals surface area contributed by atoms with E-state index in [0.717, 1.165) is 0 Å². The summed E-state index contributed by atoms with van der Waals surface area (Å²) < 4.78 is 98.8. The maximum Gasteiger partial charge on any atom is 0.396 e. The highest BCUT2D eigenvalue weighted by atomic mass is 32.2. The summed E-state index contributed by atoms with van der Waals surface area (Å²) in [5, 5.41) is -5.70. The summed E-state index contributed by atoms with van der Waals surface area (Å²) in [5.74, 6) is -6.26. The number of rotatable bonds is 11. The molecule has 1 aliphatic carbocycles. The molecule has 2 bridgehead atoms. The molecule has 1 aliphatic heterocycles. The number of fused-ring (bicyclic) bond motifs is 2. The molecule has 0 aromatic carbocycles. The number of unbranched alkanes of at least 4 members (excludes halogenated alkanes) is 1. The van der Waals surface area contributed by atoms with Crippen molar-refractivity contribution in [1.82, 2.24) is 0 Å². The van der Waals surface area contributed by atoms with Crippen LogP contribution in [0.25, 0.3) is 0 Å². The summed E-state index contributed by atoms with van der Waals surface area (Å²) in [6.07, 6.45) is -1.81. The lowest BCUT2D eigenvalue weighted by Crippen LogP contribution is -2.46. The van der Waals surface area contributed by atoms with Gasteiger partial charge in [0.05, 0.1) is 18.1 Å². The third kappa shape index (κ3) is 5.49. The van der Waals surface area contributed by atoms with Crippen molar-refractivity contribution in [2.75, 3.05) is 13.2 Å². The van der Waals surface area contributed by atoms with Gasteiger partial charge in [0.15, 0.2) is 10.1 Å². The molecule has 172 valence electrons. The summed E-state index contributed by atoms with van der Waals surface area (Å²) in [6.45, 7) is 2.97. The molecule has 2 aliphatic rings. The van der Waals surface area contributed by atoms with Crippen LogP contribution in [-0.4, -0.2) is 61.5 Å². The predicted molar refractivity (Wildman–Crippen MR) is 90.5 cm³/mol. The number of halogens is 4. The molecule has 0 aromatic heterocycles. The van der Waals surface area contributed by atoms with E-state index >= 15 is 0 Å². The van der Waals surface area contributed by atoms with Gasteiger partial charge in [-0.25, -0.2) is 13.2 Å². The van der Waals surface area contributed by atoms with E-state index in [1.807, 2.05) is 0 Å². The first-order chi connectivity index (χ1) is 13.8. The smallest absolute Gasteiger partial charge is 0.396 e. The number of hydrogen-bond acceptors (Lipinski definition) is 8. The molecule has 0 amide bonds. The lowest BCUT2D eigenvalue weighted by Gasteiger charge is -2.28. The van der Waals surface area contributed by atoms with E-state index in [1.165, 1.54) is 0 Å². The van der Waals surface area contributed by atoms with Crippen LogP contribution in [0.1, 0.15) is 38.5 Å². The highest BCUT2D eigenvalue weighted by molar-refractivity contribution is 7.86. The first-order valence-corrected chi connectivity index (χ1v) is 10.5. The number of ether oxygens (including phenoxy) is 3. The Kier molecular flexibility index (Phi) is 7.51. The quantitative estimate of drug-likeness (QED) is 0.151. The third-order valence-electron chi connectivity index (χ3n) is 4.92. The molecular formula is C17H21F4O8S-. The van der Waals surface area contributed by atoms with Gasteiger partial charge in [0, 0.05) is 19.4 Å². The Hall–Kier alpha value is -1.73. The zero-order chi connectivity index (χ0) is 22.7. The van der Waals surface area contributed by atoms with Gasteiger partial charge >= 0.3 is 23.1 Å². The second-order valence-electron chi connectivity index (χ2n) is 7.22. The molecule has 1 saturated heterocycles. The first-order valence-electron chi connectivity index (χ1n) is 9.14. The van der Waals surface area contributed by atoms with E-state index in [1.54, 1.807) is 0 Å². The number of hydrogen-bond donors (Lipinski definition) is 0. The summed E-state index contributed by atoms with van der Waals surface area (Å²) in [6, 6.07) is 0. The molecule has 1 heterocycles. The van der Waals surface area contributed by atoms with E-state index in [4.69, 9.17) is 14.2 Å². The highest BCUT2D eigenvalue weighted by Crippen LogP contribution is 2.41. The molecule has 2 fully saturated rings. The van der Waals surface area contributed by atoms with Crippen LogP contribution in [0.4, 0.5) is 17.6 Å². The molecule has 2 rings (SSSR count). The zero-order valence-electron chi connectivity index (χ0n) is 15.8. The van der Waals surface area contributed by atoms with Gasteiger partial charge in [0.2, 0.25) is 0 Å². The molecule has 0 spiro atoms. The lowest BCUT2D eigenvalue weighted by atomic mass is 9.88. The second-order valence-corrected chi connectivity index (χ2v) is 8.64. The Morgan fingerprint density at radius 3 is 2.53 bits per heavy atom. The second kappa shape index (κ2) is 9.18. The fourth-order valence-electron chi connectivity index (χ4n) is 3.17. The van der Waals surface area contributed by atoms with Gasteiger partial charge in [0.1, 0.15) is 12.2 Å². The van der Waals surface area contributed by atoms with Gasteiger partial charge in [-0.3, -0.25) is 4.79 Å². The fraction of sp³-hybridized carbons (Fsp3) is 0.765. The zero-order valence-corrected chi connectivity index (χ0v) is 16.6. The molecule has 0 radical (unpaired) electrons. The Labute approximate surface area is 170 Å². The summed E-state index contributed by atoms with van der Waals surface area (Å²) >= 11 is 0. The van der Waals surface area contributed by atoms with Crippen LogP contribution in [0.2, 0.25) is 0 Å². The van der Waals surface area contributed by atoms with Crippen molar-refractivity contribution in [1.29, 1.82) is 0 Å². The molecule has 8 nitrogen and oxygen atoms in total. The summed E-state index contributed by atoms with van der Waals surface area (Å²) in [7, 11) is -6.50. The molecule has 3 unspecified atom stereocenters. The largest absolute Gasteiger partial charge is 0.743 e. The first kappa shape index (κ1) is 24.5. The van der Waals surface area contributed by atoms with Crippen molar-refractivity contribution < 1.29 is 54.3 Å². The van der Waals surface area contributed by atoms with Gasteiger partial charge in [-0.15, -0.1) is 0 Å². The average molecular weight is 461 g/mol. The minimum absolute atomic E-state index is 0.0734. The van der Waals surface area contributed by atoms with E-state index in [9.17, 15) is 40.1 Å². The van der Waals surface area contributed by atoms with Crippen LogP contribution in [0.5, 0.6) is 0 Å². The van der Waals surface area contributed by atoms with Crippen molar-refractivity contribution in [3.8, 4) is 0 Å². The van der Waals surface area contributed by atoms with Crippen LogP contribution >= 0.6 is 0 Å². The SMILES string of the molecule is C=C(COCCCCC(F)(F)C(F)(F)S(=O)(=O)[O-])C(=O)OC1CCC2CC1OC2=O. The van der Waals surface area contributed by atoms with E-state index < -0.39 is 52.3 Å².